The molecule has 3 atom stereocenters. The highest BCUT2D eigenvalue weighted by atomic mass is 35.5. The van der Waals surface area contributed by atoms with Gasteiger partial charge in [-0.25, -0.2) is 4.79 Å². The second kappa shape index (κ2) is 6.14. The predicted molar refractivity (Wildman–Crippen MR) is 97.9 cm³/mol. The average Bonchev–Trinajstić information content (AvgIpc) is 3.11. The summed E-state index contributed by atoms with van der Waals surface area (Å²) in [6.07, 6.45) is 4.93. The molecule has 1 heterocycles. The van der Waals surface area contributed by atoms with Gasteiger partial charge >= 0.3 is 5.97 Å². The fourth-order valence-electron chi connectivity index (χ4n) is 3.92. The number of hydrogen-bond acceptors (Lipinski definition) is 4. The maximum absolute atomic E-state index is 11.3. The molecule has 0 aromatic heterocycles. The first-order valence-corrected chi connectivity index (χ1v) is 8.58. The second-order valence-corrected chi connectivity index (χ2v) is 6.95. The van der Waals surface area contributed by atoms with Crippen LogP contribution in [0.2, 0.25) is 5.02 Å². The molecule has 2 aromatic rings. The first kappa shape index (κ1) is 16.6. The van der Waals surface area contributed by atoms with Crippen LogP contribution < -0.4 is 5.32 Å². The Morgan fingerprint density at radius 3 is 2.77 bits per heavy atom. The SMILES string of the molecule is O=C(O)c1ccc2c(c1)[C@H]1C=CC[C@@H]1[C@H](c1cc([N+](=O)[O-])ccc1Cl)N2. The number of benzene rings is 2. The third-order valence-electron chi connectivity index (χ3n) is 5.14. The minimum atomic E-state index is -0.963. The summed E-state index contributed by atoms with van der Waals surface area (Å²) in [5, 5.41) is 24.3. The summed E-state index contributed by atoms with van der Waals surface area (Å²) in [7, 11) is 0. The van der Waals surface area contributed by atoms with E-state index in [4.69, 9.17) is 11.6 Å². The first-order valence-electron chi connectivity index (χ1n) is 8.20. The number of non-ortho nitro benzene ring substituents is 1. The van der Waals surface area contributed by atoms with E-state index in [-0.39, 0.29) is 29.1 Å². The summed E-state index contributed by atoms with van der Waals surface area (Å²) in [5.74, 6) is -0.799. The van der Waals surface area contributed by atoms with Crippen molar-refractivity contribution in [2.75, 3.05) is 5.32 Å². The van der Waals surface area contributed by atoms with Crippen LogP contribution >= 0.6 is 11.6 Å². The molecule has 2 N–H and O–H groups in total. The maximum atomic E-state index is 11.3. The highest BCUT2D eigenvalue weighted by Crippen LogP contribution is 2.51. The van der Waals surface area contributed by atoms with E-state index in [0.29, 0.717) is 10.6 Å². The summed E-state index contributed by atoms with van der Waals surface area (Å²) in [5.41, 5.74) is 2.70. The molecule has 6 nitrogen and oxygen atoms in total. The number of fused-ring (bicyclic) bond motifs is 3. The molecule has 0 fully saturated rings. The number of rotatable bonds is 3. The Hall–Kier alpha value is -2.86. The highest BCUT2D eigenvalue weighted by molar-refractivity contribution is 6.31. The van der Waals surface area contributed by atoms with Gasteiger partial charge in [-0.05, 0) is 42.2 Å². The maximum Gasteiger partial charge on any atom is 0.335 e. The number of nitro benzene ring substituents is 1. The van der Waals surface area contributed by atoms with Crippen LogP contribution in [-0.4, -0.2) is 16.0 Å². The van der Waals surface area contributed by atoms with Gasteiger partial charge in [0.05, 0.1) is 16.5 Å². The molecule has 0 bridgehead atoms. The van der Waals surface area contributed by atoms with Crippen LogP contribution in [0.25, 0.3) is 0 Å². The molecule has 26 heavy (non-hydrogen) atoms. The Kier molecular flexibility index (Phi) is 3.92. The molecule has 0 radical (unpaired) electrons. The number of carboxylic acids is 1. The van der Waals surface area contributed by atoms with Crippen LogP contribution in [0.5, 0.6) is 0 Å². The molecule has 7 heteroatoms. The molecule has 2 aliphatic rings. The molecular weight excluding hydrogens is 356 g/mol. The molecular formula is C19H15ClN2O4. The number of nitro groups is 1. The number of halogens is 1. The molecule has 0 unspecified atom stereocenters. The minimum Gasteiger partial charge on any atom is -0.478 e. The number of carbonyl (C=O) groups is 1. The van der Waals surface area contributed by atoms with Gasteiger partial charge in [-0.2, -0.15) is 0 Å². The number of nitrogens with zero attached hydrogens (tertiary/aromatic N) is 1. The Balaban J connectivity index is 1.80. The topological polar surface area (TPSA) is 92.5 Å². The highest BCUT2D eigenvalue weighted by Gasteiger charge is 2.39. The van der Waals surface area contributed by atoms with Crippen molar-refractivity contribution in [3.05, 3.63) is 80.4 Å². The van der Waals surface area contributed by atoms with Crippen LogP contribution in [0.4, 0.5) is 11.4 Å². The molecule has 132 valence electrons. The number of carboxylic acid groups (broad SMARTS) is 1. The van der Waals surface area contributed by atoms with Crippen LogP contribution in [0.15, 0.2) is 48.6 Å². The smallest absolute Gasteiger partial charge is 0.335 e. The lowest BCUT2D eigenvalue weighted by Crippen LogP contribution is -2.29. The molecule has 4 rings (SSSR count). The molecule has 2 aromatic carbocycles. The molecule has 1 aliphatic heterocycles. The van der Waals surface area contributed by atoms with E-state index in [2.05, 4.69) is 17.5 Å². The molecule has 1 aliphatic carbocycles. The van der Waals surface area contributed by atoms with Gasteiger partial charge in [0.1, 0.15) is 0 Å². The Morgan fingerprint density at radius 2 is 2.04 bits per heavy atom. The van der Waals surface area contributed by atoms with Gasteiger partial charge in [-0.1, -0.05) is 23.8 Å². The fourth-order valence-corrected chi connectivity index (χ4v) is 4.15. The van der Waals surface area contributed by atoms with Gasteiger partial charge in [-0.3, -0.25) is 10.1 Å². The lowest BCUT2D eigenvalue weighted by molar-refractivity contribution is -0.384. The van der Waals surface area contributed by atoms with E-state index in [9.17, 15) is 20.0 Å². The fraction of sp³-hybridized carbons (Fsp3) is 0.211. The molecule has 0 saturated carbocycles. The van der Waals surface area contributed by atoms with Gasteiger partial charge in [-0.15, -0.1) is 0 Å². The lowest BCUT2D eigenvalue weighted by Gasteiger charge is -2.37. The third kappa shape index (κ3) is 2.63. The summed E-state index contributed by atoms with van der Waals surface area (Å²) in [6, 6.07) is 9.28. The minimum absolute atomic E-state index is 0.000674. The van der Waals surface area contributed by atoms with Crippen molar-refractivity contribution in [2.24, 2.45) is 5.92 Å². The summed E-state index contributed by atoms with van der Waals surface area (Å²) in [6.45, 7) is 0. The average molecular weight is 371 g/mol. The summed E-state index contributed by atoms with van der Waals surface area (Å²) in [4.78, 5) is 22.0. The van der Waals surface area contributed by atoms with E-state index in [1.165, 1.54) is 12.1 Å². The largest absolute Gasteiger partial charge is 0.478 e. The van der Waals surface area contributed by atoms with Gasteiger partial charge in [0.25, 0.3) is 5.69 Å². The van der Waals surface area contributed by atoms with Crippen molar-refractivity contribution in [2.45, 2.75) is 18.4 Å². The van der Waals surface area contributed by atoms with Crippen molar-refractivity contribution in [3.63, 3.8) is 0 Å². The third-order valence-corrected chi connectivity index (χ3v) is 5.48. The van der Waals surface area contributed by atoms with Crippen molar-refractivity contribution in [1.82, 2.24) is 0 Å². The van der Waals surface area contributed by atoms with E-state index in [1.807, 2.05) is 0 Å². The van der Waals surface area contributed by atoms with Crippen LogP contribution in [-0.2, 0) is 0 Å². The van der Waals surface area contributed by atoms with Crippen molar-refractivity contribution in [3.8, 4) is 0 Å². The summed E-state index contributed by atoms with van der Waals surface area (Å²) >= 11 is 6.36. The van der Waals surface area contributed by atoms with Crippen LogP contribution in [0, 0.1) is 16.0 Å². The Bertz CT molecular complexity index is 957. The van der Waals surface area contributed by atoms with E-state index in [0.717, 1.165) is 17.7 Å². The number of allylic oxidation sites excluding steroid dienone is 2. The van der Waals surface area contributed by atoms with Gasteiger partial charge < -0.3 is 10.4 Å². The Labute approximate surface area is 154 Å². The molecule has 0 spiro atoms. The van der Waals surface area contributed by atoms with Gasteiger partial charge in [0.15, 0.2) is 0 Å². The number of aromatic carboxylic acids is 1. The lowest BCUT2D eigenvalue weighted by atomic mass is 9.76. The number of nitrogens with one attached hydrogen (secondary N) is 1. The zero-order valence-corrected chi connectivity index (χ0v) is 14.3. The van der Waals surface area contributed by atoms with Gasteiger partial charge in [0.2, 0.25) is 0 Å². The standard InChI is InChI=1S/C19H15ClN2O4/c20-16-6-5-11(22(25)26)9-15(16)18-13-3-1-2-12(13)14-8-10(19(23)24)4-7-17(14)21-18/h1-2,4-9,12-13,18,21H,3H2,(H,23,24)/t12-,13-,18+/m0/s1. The normalized spacial score (nSPS) is 23.0. The number of hydrogen-bond donors (Lipinski definition) is 2. The van der Waals surface area contributed by atoms with Crippen LogP contribution in [0.3, 0.4) is 0 Å². The van der Waals surface area contributed by atoms with Crippen molar-refractivity contribution in [1.29, 1.82) is 0 Å². The quantitative estimate of drug-likeness (QED) is 0.461. The van der Waals surface area contributed by atoms with E-state index < -0.39 is 10.9 Å². The Morgan fingerprint density at radius 1 is 1.23 bits per heavy atom. The predicted octanol–water partition coefficient (Wildman–Crippen LogP) is 4.77. The van der Waals surface area contributed by atoms with E-state index in [1.54, 1.807) is 24.3 Å². The van der Waals surface area contributed by atoms with Crippen LogP contribution in [0.1, 0.15) is 39.9 Å². The second-order valence-electron chi connectivity index (χ2n) is 6.55. The molecule has 0 saturated heterocycles. The van der Waals surface area contributed by atoms with E-state index >= 15 is 0 Å². The monoisotopic (exact) mass is 370 g/mol. The molecule has 0 amide bonds. The zero-order chi connectivity index (χ0) is 18.4. The number of anilines is 1. The van der Waals surface area contributed by atoms with Crippen molar-refractivity contribution < 1.29 is 14.8 Å². The zero-order valence-electron chi connectivity index (χ0n) is 13.6. The first-order chi connectivity index (χ1) is 12.5. The van der Waals surface area contributed by atoms with Gasteiger partial charge in [0, 0.05) is 34.3 Å². The summed E-state index contributed by atoms with van der Waals surface area (Å²) < 4.78 is 0. The van der Waals surface area contributed by atoms with Crippen molar-refractivity contribution >= 4 is 28.9 Å².